The van der Waals surface area contributed by atoms with Gasteiger partial charge in [0, 0.05) is 18.9 Å². The van der Waals surface area contributed by atoms with Gasteiger partial charge in [-0.05, 0) is 30.4 Å². The number of nitrogens with one attached hydrogen (secondary N) is 2. The van der Waals surface area contributed by atoms with Gasteiger partial charge in [-0.15, -0.1) is 0 Å². The Bertz CT molecular complexity index is 738. The number of aromatic amines is 1. The quantitative estimate of drug-likeness (QED) is 0.663. The van der Waals surface area contributed by atoms with E-state index in [1.807, 2.05) is 0 Å². The van der Waals surface area contributed by atoms with Crippen molar-refractivity contribution in [3.63, 3.8) is 0 Å². The van der Waals surface area contributed by atoms with Crippen molar-refractivity contribution in [2.24, 2.45) is 0 Å². The Morgan fingerprint density at radius 1 is 1.43 bits per heavy atom. The smallest absolute Gasteiger partial charge is 0.350 e. The third-order valence-corrected chi connectivity index (χ3v) is 3.07. The molecule has 2 aromatic rings. The first-order chi connectivity index (χ1) is 10.0. The lowest BCUT2D eigenvalue weighted by atomic mass is 10.1. The highest BCUT2D eigenvalue weighted by Gasteiger charge is 2.12. The summed E-state index contributed by atoms with van der Waals surface area (Å²) < 4.78 is 6.85. The second-order valence-corrected chi connectivity index (χ2v) is 4.91. The number of nitrogens with zero attached hydrogens (tertiary/aromatic N) is 2. The summed E-state index contributed by atoms with van der Waals surface area (Å²) in [7, 11) is 0. The summed E-state index contributed by atoms with van der Waals surface area (Å²) in [5, 5.41) is 9.08. The van der Waals surface area contributed by atoms with Gasteiger partial charge in [0.15, 0.2) is 4.77 Å². The number of hydrogen-bond donors (Lipinski definition) is 2. The van der Waals surface area contributed by atoms with Crippen molar-refractivity contribution in [2.75, 3.05) is 11.6 Å². The third kappa shape index (κ3) is 3.70. The van der Waals surface area contributed by atoms with Gasteiger partial charge in [-0.2, -0.15) is 5.10 Å². The van der Waals surface area contributed by atoms with Crippen molar-refractivity contribution in [1.29, 1.82) is 0 Å². The van der Waals surface area contributed by atoms with Gasteiger partial charge in [0.25, 0.3) is 0 Å². The van der Waals surface area contributed by atoms with Gasteiger partial charge in [-0.25, -0.2) is 4.79 Å². The first kappa shape index (κ1) is 15.3. The highest BCUT2D eigenvalue weighted by molar-refractivity contribution is 7.94. The molecular weight excluding hydrogens is 312 g/mol. The molecule has 0 saturated heterocycles. The fourth-order valence-corrected chi connectivity index (χ4v) is 2.15. The van der Waals surface area contributed by atoms with E-state index in [1.165, 1.54) is 19.3 Å². The van der Waals surface area contributed by atoms with Crippen LogP contribution in [-0.4, -0.2) is 32.9 Å². The molecule has 0 aliphatic rings. The number of H-pyrrole nitrogens is 1. The van der Waals surface area contributed by atoms with E-state index >= 15 is 0 Å². The van der Waals surface area contributed by atoms with E-state index in [9.17, 15) is 9.59 Å². The Hall–Kier alpha value is -2.13. The van der Waals surface area contributed by atoms with Gasteiger partial charge < -0.3 is 9.50 Å². The average Bonchev–Trinajstić information content (AvgIpc) is 2.84. The molecule has 1 aromatic heterocycles. The summed E-state index contributed by atoms with van der Waals surface area (Å²) in [5.41, 5.74) is 1.36. The molecule has 0 radical (unpaired) electrons. The first-order valence-electron chi connectivity index (χ1n) is 5.81. The molecule has 0 spiro atoms. The zero-order valence-electron chi connectivity index (χ0n) is 11.2. The molecule has 0 aliphatic heterocycles. The maximum absolute atomic E-state index is 11.9. The molecule has 1 amide bonds. The molecule has 0 bridgehead atoms. The molecule has 1 aromatic carbocycles. The van der Waals surface area contributed by atoms with Crippen molar-refractivity contribution >= 4 is 41.8 Å². The van der Waals surface area contributed by atoms with Crippen LogP contribution in [0.4, 0.5) is 5.69 Å². The predicted octanol–water partition coefficient (Wildman–Crippen LogP) is 2.32. The molecule has 7 nitrogen and oxygen atoms in total. The van der Waals surface area contributed by atoms with Crippen LogP contribution in [0.1, 0.15) is 17.3 Å². The van der Waals surface area contributed by atoms with E-state index < -0.39 is 5.97 Å². The number of carbonyl (C=O) groups is 2. The molecule has 2 N–H and O–H groups in total. The molecular formula is C12H12N4O3S2. The SMILES string of the molecule is CSOC(=O)c1cc(NC(C)=O)cc(-n2cn[nH]c2=S)c1. The zero-order chi connectivity index (χ0) is 15.4. The molecule has 1 heterocycles. The van der Waals surface area contributed by atoms with Crippen molar-refractivity contribution in [3.05, 3.63) is 34.9 Å². The molecule has 0 aliphatic carbocycles. The minimum absolute atomic E-state index is 0.243. The van der Waals surface area contributed by atoms with Crippen molar-refractivity contribution in [1.82, 2.24) is 14.8 Å². The highest BCUT2D eigenvalue weighted by atomic mass is 32.2. The fourth-order valence-electron chi connectivity index (χ4n) is 1.70. The summed E-state index contributed by atoms with van der Waals surface area (Å²) >= 11 is 6.04. The second-order valence-electron chi connectivity index (χ2n) is 4.02. The molecule has 0 unspecified atom stereocenters. The highest BCUT2D eigenvalue weighted by Crippen LogP contribution is 2.20. The van der Waals surface area contributed by atoms with E-state index in [-0.39, 0.29) is 5.91 Å². The number of aromatic nitrogens is 3. The molecule has 2 rings (SSSR count). The van der Waals surface area contributed by atoms with E-state index in [2.05, 4.69) is 15.5 Å². The van der Waals surface area contributed by atoms with Gasteiger partial charge in [-0.3, -0.25) is 14.5 Å². The van der Waals surface area contributed by atoms with Crippen LogP contribution in [0.3, 0.4) is 0 Å². The number of rotatable bonds is 4. The Labute approximate surface area is 129 Å². The standard InChI is InChI=1S/C12H12N4O3S2/c1-7(17)14-9-3-8(11(18)19-21-2)4-10(5-9)16-6-13-15-12(16)20/h3-6H,1-2H3,(H,14,17)(H,15,20). The topological polar surface area (TPSA) is 89.0 Å². The summed E-state index contributed by atoms with van der Waals surface area (Å²) in [6, 6.07) is 4.82. The number of amides is 1. The van der Waals surface area contributed by atoms with E-state index in [4.69, 9.17) is 16.4 Å². The van der Waals surface area contributed by atoms with Gasteiger partial charge in [0.2, 0.25) is 5.91 Å². The van der Waals surface area contributed by atoms with Crippen LogP contribution in [0.15, 0.2) is 24.5 Å². The van der Waals surface area contributed by atoms with E-state index in [0.29, 0.717) is 21.7 Å². The normalized spacial score (nSPS) is 10.2. The van der Waals surface area contributed by atoms with Crippen LogP contribution in [-0.2, 0) is 8.98 Å². The largest absolute Gasteiger partial charge is 0.388 e. The summed E-state index contributed by atoms with van der Waals surface area (Å²) in [4.78, 5) is 23.1. The van der Waals surface area contributed by atoms with Crippen LogP contribution in [0.25, 0.3) is 5.69 Å². The van der Waals surface area contributed by atoms with Gasteiger partial charge in [-0.1, -0.05) is 0 Å². The minimum atomic E-state index is -0.508. The molecule has 21 heavy (non-hydrogen) atoms. The van der Waals surface area contributed by atoms with Crippen molar-refractivity contribution in [2.45, 2.75) is 6.92 Å². The number of carbonyl (C=O) groups excluding carboxylic acids is 2. The molecule has 0 atom stereocenters. The van der Waals surface area contributed by atoms with Crippen molar-refractivity contribution < 1.29 is 13.8 Å². The fraction of sp³-hybridized carbons (Fsp3) is 0.167. The average molecular weight is 324 g/mol. The number of hydrogen-bond acceptors (Lipinski definition) is 6. The molecule has 9 heteroatoms. The van der Waals surface area contributed by atoms with E-state index in [0.717, 1.165) is 12.0 Å². The van der Waals surface area contributed by atoms with Crippen LogP contribution >= 0.6 is 24.3 Å². The lowest BCUT2D eigenvalue weighted by molar-refractivity contribution is -0.114. The lowest BCUT2D eigenvalue weighted by Gasteiger charge is -2.09. The minimum Gasteiger partial charge on any atom is -0.388 e. The molecule has 0 saturated carbocycles. The third-order valence-electron chi connectivity index (χ3n) is 2.46. The Morgan fingerprint density at radius 2 is 2.19 bits per heavy atom. The van der Waals surface area contributed by atoms with Gasteiger partial charge in [0.05, 0.1) is 23.3 Å². The Morgan fingerprint density at radius 3 is 2.76 bits per heavy atom. The molecule has 110 valence electrons. The Balaban J connectivity index is 2.52. The van der Waals surface area contributed by atoms with Crippen LogP contribution in [0.2, 0.25) is 0 Å². The first-order valence-corrected chi connectivity index (χ1v) is 7.37. The monoisotopic (exact) mass is 324 g/mol. The van der Waals surface area contributed by atoms with Crippen LogP contribution < -0.4 is 5.32 Å². The maximum Gasteiger partial charge on any atom is 0.350 e. The van der Waals surface area contributed by atoms with Crippen molar-refractivity contribution in [3.8, 4) is 5.69 Å². The van der Waals surface area contributed by atoms with Gasteiger partial charge in [0.1, 0.15) is 6.33 Å². The number of anilines is 1. The zero-order valence-corrected chi connectivity index (χ0v) is 12.9. The van der Waals surface area contributed by atoms with Crippen LogP contribution in [0.5, 0.6) is 0 Å². The summed E-state index contributed by atoms with van der Waals surface area (Å²) in [6.07, 6.45) is 3.13. The van der Waals surface area contributed by atoms with Crippen LogP contribution in [0, 0.1) is 4.77 Å². The number of benzene rings is 1. The molecule has 0 fully saturated rings. The lowest BCUT2D eigenvalue weighted by Crippen LogP contribution is -2.09. The summed E-state index contributed by atoms with van der Waals surface area (Å²) in [6.45, 7) is 1.38. The Kier molecular flexibility index (Phi) is 4.76. The van der Waals surface area contributed by atoms with Gasteiger partial charge >= 0.3 is 5.97 Å². The predicted molar refractivity (Wildman–Crippen MR) is 82.0 cm³/mol. The maximum atomic E-state index is 11.9. The van der Waals surface area contributed by atoms with E-state index in [1.54, 1.807) is 23.0 Å². The summed E-state index contributed by atoms with van der Waals surface area (Å²) in [5.74, 6) is -0.752. The second kappa shape index (κ2) is 6.55.